The zero-order valence-electron chi connectivity index (χ0n) is 10.2. The lowest BCUT2D eigenvalue weighted by atomic mass is 10.2. The second kappa shape index (κ2) is 5.07. The molecule has 0 spiro atoms. The van der Waals surface area contributed by atoms with E-state index in [0.29, 0.717) is 10.7 Å². The summed E-state index contributed by atoms with van der Waals surface area (Å²) in [4.78, 5) is 27.0. The first-order valence-electron chi connectivity index (χ1n) is 6.16. The lowest BCUT2D eigenvalue weighted by Crippen LogP contribution is -2.35. The Hall–Kier alpha value is -1.79. The number of aromatic nitrogens is 1. The van der Waals surface area contributed by atoms with E-state index in [4.69, 9.17) is 0 Å². The number of carbonyl (C=O) groups excluding carboxylic acids is 2. The summed E-state index contributed by atoms with van der Waals surface area (Å²) in [7, 11) is 0. The lowest BCUT2D eigenvalue weighted by Gasteiger charge is -2.08. The highest BCUT2D eigenvalue weighted by Gasteiger charge is 2.22. The Balaban J connectivity index is 1.81. The molecule has 0 bridgehead atoms. The number of benzene rings is 1. The van der Waals surface area contributed by atoms with Crippen molar-refractivity contribution >= 4 is 38.9 Å². The average molecular weight is 275 g/mol. The van der Waals surface area contributed by atoms with Gasteiger partial charge in [0.15, 0.2) is 5.13 Å². The molecule has 6 heteroatoms. The predicted molar refractivity (Wildman–Crippen MR) is 74.7 cm³/mol. The van der Waals surface area contributed by atoms with Gasteiger partial charge in [-0.1, -0.05) is 11.3 Å². The van der Waals surface area contributed by atoms with Gasteiger partial charge in [-0.05, 0) is 37.6 Å². The minimum atomic E-state index is -0.113. The maximum Gasteiger partial charge on any atom is 0.243 e. The molecule has 5 nitrogen and oxygen atoms in total. The van der Waals surface area contributed by atoms with E-state index in [1.807, 2.05) is 0 Å². The van der Waals surface area contributed by atoms with Crippen molar-refractivity contribution in [2.24, 2.45) is 0 Å². The summed E-state index contributed by atoms with van der Waals surface area (Å²) < 4.78 is 0.902. The van der Waals surface area contributed by atoms with Crippen molar-refractivity contribution in [3.63, 3.8) is 0 Å². The van der Waals surface area contributed by atoms with Crippen molar-refractivity contribution in [1.82, 2.24) is 10.3 Å². The zero-order valence-corrected chi connectivity index (χ0v) is 11.0. The van der Waals surface area contributed by atoms with Crippen LogP contribution in [0.25, 0.3) is 10.2 Å². The van der Waals surface area contributed by atoms with E-state index >= 15 is 0 Å². The number of hydrogen-bond acceptors (Lipinski definition) is 5. The smallest absolute Gasteiger partial charge is 0.243 e. The molecule has 1 aliphatic rings. The van der Waals surface area contributed by atoms with Gasteiger partial charge in [-0.2, -0.15) is 0 Å². The molecule has 1 aromatic carbocycles. The minimum absolute atomic E-state index is 0.0350. The summed E-state index contributed by atoms with van der Waals surface area (Å²) in [6, 6.07) is 5.18. The number of aldehydes is 1. The Morgan fingerprint density at radius 1 is 1.53 bits per heavy atom. The summed E-state index contributed by atoms with van der Waals surface area (Å²) in [5.41, 5.74) is 1.41. The molecule has 2 aromatic rings. The van der Waals surface area contributed by atoms with Crippen molar-refractivity contribution in [3.05, 3.63) is 23.8 Å². The van der Waals surface area contributed by atoms with Crippen LogP contribution >= 0.6 is 11.3 Å². The van der Waals surface area contributed by atoms with Crippen LogP contribution in [-0.4, -0.2) is 29.8 Å². The van der Waals surface area contributed by atoms with Crippen LogP contribution in [-0.2, 0) is 4.79 Å². The first kappa shape index (κ1) is 12.3. The summed E-state index contributed by atoms with van der Waals surface area (Å²) >= 11 is 1.38. The maximum absolute atomic E-state index is 12.0. The third-order valence-electron chi connectivity index (χ3n) is 3.16. The molecule has 1 aromatic heterocycles. The van der Waals surface area contributed by atoms with Crippen LogP contribution in [0.1, 0.15) is 23.2 Å². The molecule has 1 fully saturated rings. The van der Waals surface area contributed by atoms with Crippen LogP contribution in [0, 0.1) is 0 Å². The van der Waals surface area contributed by atoms with E-state index in [9.17, 15) is 9.59 Å². The monoisotopic (exact) mass is 275 g/mol. The molecule has 1 saturated heterocycles. The van der Waals surface area contributed by atoms with Crippen molar-refractivity contribution in [3.8, 4) is 0 Å². The largest absolute Gasteiger partial charge is 0.306 e. The van der Waals surface area contributed by atoms with Crippen LogP contribution in [0.5, 0.6) is 0 Å². The Morgan fingerprint density at radius 2 is 2.42 bits per heavy atom. The molecule has 3 rings (SSSR count). The van der Waals surface area contributed by atoms with Gasteiger partial charge < -0.3 is 10.6 Å². The SMILES string of the molecule is O=Cc1ccc2nc(NC(=O)[C@H]3CCCN3)sc2c1. The number of thiazole rings is 1. The van der Waals surface area contributed by atoms with Crippen LogP contribution in [0.15, 0.2) is 18.2 Å². The number of hydrogen-bond donors (Lipinski definition) is 2. The third kappa shape index (κ3) is 2.50. The van der Waals surface area contributed by atoms with E-state index in [1.54, 1.807) is 18.2 Å². The zero-order chi connectivity index (χ0) is 13.2. The van der Waals surface area contributed by atoms with Gasteiger partial charge in [-0.25, -0.2) is 4.98 Å². The molecule has 2 N–H and O–H groups in total. The van der Waals surface area contributed by atoms with Crippen molar-refractivity contribution in [2.45, 2.75) is 18.9 Å². The Morgan fingerprint density at radius 3 is 3.16 bits per heavy atom. The molecule has 0 radical (unpaired) electrons. The van der Waals surface area contributed by atoms with E-state index < -0.39 is 0 Å². The standard InChI is InChI=1S/C13H13N3O2S/c17-7-8-3-4-9-11(6-8)19-13(15-9)16-12(18)10-2-1-5-14-10/h3-4,6-7,10,14H,1-2,5H2,(H,15,16,18)/t10-/m1/s1. The van der Waals surface area contributed by atoms with Crippen LogP contribution in [0.3, 0.4) is 0 Å². The summed E-state index contributed by atoms with van der Waals surface area (Å²) in [6.45, 7) is 0.890. The molecule has 0 unspecified atom stereocenters. The van der Waals surface area contributed by atoms with Gasteiger partial charge in [0.25, 0.3) is 0 Å². The van der Waals surface area contributed by atoms with E-state index in [-0.39, 0.29) is 11.9 Å². The highest BCUT2D eigenvalue weighted by atomic mass is 32.1. The predicted octanol–water partition coefficient (Wildman–Crippen LogP) is 1.80. The second-order valence-electron chi connectivity index (χ2n) is 4.50. The normalized spacial score (nSPS) is 18.6. The lowest BCUT2D eigenvalue weighted by molar-refractivity contribution is -0.117. The first-order chi connectivity index (χ1) is 9.26. The number of nitrogens with one attached hydrogen (secondary N) is 2. The van der Waals surface area contributed by atoms with E-state index in [1.165, 1.54) is 11.3 Å². The molecule has 0 saturated carbocycles. The molecule has 98 valence electrons. The number of fused-ring (bicyclic) bond motifs is 1. The maximum atomic E-state index is 12.0. The minimum Gasteiger partial charge on any atom is -0.306 e. The van der Waals surface area contributed by atoms with Crippen LogP contribution in [0.2, 0.25) is 0 Å². The number of nitrogens with zero attached hydrogens (tertiary/aromatic N) is 1. The number of anilines is 1. The topological polar surface area (TPSA) is 71.1 Å². The fourth-order valence-corrected chi connectivity index (χ4v) is 3.09. The van der Waals surface area contributed by atoms with Gasteiger partial charge >= 0.3 is 0 Å². The van der Waals surface area contributed by atoms with Gasteiger partial charge in [0.05, 0.1) is 16.3 Å². The second-order valence-corrected chi connectivity index (χ2v) is 5.53. The summed E-state index contributed by atoms with van der Waals surface area (Å²) in [5.74, 6) is -0.0350. The number of carbonyl (C=O) groups is 2. The van der Waals surface area contributed by atoms with E-state index in [2.05, 4.69) is 15.6 Å². The average Bonchev–Trinajstić information content (AvgIpc) is 3.06. The van der Waals surface area contributed by atoms with Crippen LogP contribution < -0.4 is 10.6 Å². The quantitative estimate of drug-likeness (QED) is 0.838. The fraction of sp³-hybridized carbons (Fsp3) is 0.308. The fourth-order valence-electron chi connectivity index (χ4n) is 2.17. The highest BCUT2D eigenvalue weighted by molar-refractivity contribution is 7.22. The molecular formula is C13H13N3O2S. The highest BCUT2D eigenvalue weighted by Crippen LogP contribution is 2.26. The van der Waals surface area contributed by atoms with Gasteiger partial charge in [0, 0.05) is 5.56 Å². The third-order valence-corrected chi connectivity index (χ3v) is 4.09. The summed E-state index contributed by atoms with van der Waals surface area (Å²) in [5, 5.41) is 6.56. The molecule has 0 aliphatic carbocycles. The Labute approximate surface area is 114 Å². The molecular weight excluding hydrogens is 262 g/mol. The Bertz CT molecular complexity index is 632. The van der Waals surface area contributed by atoms with Gasteiger partial charge in [0.2, 0.25) is 5.91 Å². The van der Waals surface area contributed by atoms with Crippen molar-refractivity contribution in [2.75, 3.05) is 11.9 Å². The number of rotatable bonds is 3. The van der Waals surface area contributed by atoms with Crippen molar-refractivity contribution < 1.29 is 9.59 Å². The summed E-state index contributed by atoms with van der Waals surface area (Å²) in [6.07, 6.45) is 2.70. The van der Waals surface area contributed by atoms with E-state index in [0.717, 1.165) is 35.9 Å². The molecule has 1 aliphatic heterocycles. The molecule has 2 heterocycles. The molecule has 1 amide bonds. The first-order valence-corrected chi connectivity index (χ1v) is 6.98. The van der Waals surface area contributed by atoms with Gasteiger partial charge in [-0.3, -0.25) is 9.59 Å². The number of amides is 1. The van der Waals surface area contributed by atoms with Crippen LogP contribution in [0.4, 0.5) is 5.13 Å². The Kier molecular flexibility index (Phi) is 3.27. The molecule has 1 atom stereocenters. The van der Waals surface area contributed by atoms with Gasteiger partial charge in [-0.15, -0.1) is 0 Å². The van der Waals surface area contributed by atoms with Gasteiger partial charge in [0.1, 0.15) is 6.29 Å². The van der Waals surface area contributed by atoms with Crippen molar-refractivity contribution in [1.29, 1.82) is 0 Å². The molecule has 19 heavy (non-hydrogen) atoms.